The van der Waals surface area contributed by atoms with E-state index in [1.165, 1.54) is 38.3 Å². The van der Waals surface area contributed by atoms with Gasteiger partial charge in [0.15, 0.2) is 0 Å². The first-order valence-corrected chi connectivity index (χ1v) is 7.56. The second-order valence-electron chi connectivity index (χ2n) is 4.37. The SMILES string of the molecule is COP(=O)(C#Cc1cc2c(n1C)CCCC2)OC. The molecule has 0 radical (unpaired) electrons. The fourth-order valence-electron chi connectivity index (χ4n) is 2.27. The van der Waals surface area contributed by atoms with Gasteiger partial charge in [-0.1, -0.05) is 0 Å². The summed E-state index contributed by atoms with van der Waals surface area (Å²) in [5.74, 6) is 2.91. The average molecular weight is 267 g/mol. The summed E-state index contributed by atoms with van der Waals surface area (Å²) in [6.07, 6.45) is 4.67. The molecule has 0 aromatic carbocycles. The third-order valence-corrected chi connectivity index (χ3v) is 4.71. The summed E-state index contributed by atoms with van der Waals surface area (Å²) < 4.78 is 23.5. The zero-order valence-corrected chi connectivity index (χ0v) is 11.9. The highest BCUT2D eigenvalue weighted by Crippen LogP contribution is 2.44. The Hall–Kier alpha value is -1.01. The molecule has 0 unspecified atom stereocenters. The number of rotatable bonds is 2. The number of nitrogens with zero attached hydrogens (tertiary/aromatic N) is 1. The molecule has 0 spiro atoms. The Bertz CT molecular complexity index is 543. The first kappa shape index (κ1) is 13.4. The molecular weight excluding hydrogens is 249 g/mol. The van der Waals surface area contributed by atoms with Crippen LogP contribution in [0.3, 0.4) is 0 Å². The van der Waals surface area contributed by atoms with Gasteiger partial charge in [-0.15, -0.1) is 0 Å². The molecular formula is C13H18NO3P. The molecule has 4 nitrogen and oxygen atoms in total. The molecule has 1 aliphatic carbocycles. The van der Waals surface area contributed by atoms with Gasteiger partial charge in [-0.05, 0) is 43.2 Å². The molecule has 98 valence electrons. The summed E-state index contributed by atoms with van der Waals surface area (Å²) in [4.78, 5) is 0. The van der Waals surface area contributed by atoms with Gasteiger partial charge in [-0.3, -0.25) is 0 Å². The van der Waals surface area contributed by atoms with E-state index >= 15 is 0 Å². The van der Waals surface area contributed by atoms with E-state index in [-0.39, 0.29) is 0 Å². The van der Waals surface area contributed by atoms with Crippen LogP contribution in [0.1, 0.15) is 29.8 Å². The average Bonchev–Trinajstić information content (AvgIpc) is 2.73. The van der Waals surface area contributed by atoms with E-state index in [4.69, 9.17) is 9.05 Å². The van der Waals surface area contributed by atoms with Crippen molar-refractivity contribution in [2.24, 2.45) is 7.05 Å². The van der Waals surface area contributed by atoms with E-state index in [2.05, 4.69) is 22.2 Å². The standard InChI is InChI=1S/C13H18NO3P/c1-14-12(8-9-18(15,16-2)17-3)10-11-6-4-5-7-13(11)14/h10H,4-7H2,1-3H3. The molecule has 2 rings (SSSR count). The molecule has 1 aliphatic rings. The Morgan fingerprint density at radius 2 is 1.94 bits per heavy atom. The zero-order chi connectivity index (χ0) is 13.2. The Balaban J connectivity index is 2.33. The van der Waals surface area contributed by atoms with Crippen molar-refractivity contribution in [1.29, 1.82) is 0 Å². The van der Waals surface area contributed by atoms with Gasteiger partial charge in [-0.25, -0.2) is 4.57 Å². The predicted octanol–water partition coefficient (Wildman–Crippen LogP) is 2.70. The molecule has 5 heteroatoms. The van der Waals surface area contributed by atoms with Crippen molar-refractivity contribution < 1.29 is 13.6 Å². The minimum Gasteiger partial charge on any atom is -0.341 e. The smallest absolute Gasteiger partial charge is 0.341 e. The third kappa shape index (κ3) is 2.54. The van der Waals surface area contributed by atoms with Crippen molar-refractivity contribution >= 4 is 7.60 Å². The normalized spacial score (nSPS) is 14.8. The lowest BCUT2D eigenvalue weighted by molar-refractivity contribution is 0.288. The second-order valence-corrected chi connectivity index (χ2v) is 6.32. The highest BCUT2D eigenvalue weighted by molar-refractivity contribution is 7.59. The van der Waals surface area contributed by atoms with Crippen LogP contribution in [0.4, 0.5) is 0 Å². The lowest BCUT2D eigenvalue weighted by Gasteiger charge is -2.12. The summed E-state index contributed by atoms with van der Waals surface area (Å²) in [7, 11) is 1.44. The van der Waals surface area contributed by atoms with E-state index < -0.39 is 7.60 Å². The predicted molar refractivity (Wildman–Crippen MR) is 70.6 cm³/mol. The number of aryl methyl sites for hydroxylation is 1. The van der Waals surface area contributed by atoms with Crippen LogP contribution in [0.2, 0.25) is 0 Å². The fourth-order valence-corrected chi connectivity index (χ4v) is 2.85. The largest absolute Gasteiger partial charge is 0.405 e. The Kier molecular flexibility index (Phi) is 3.97. The van der Waals surface area contributed by atoms with Gasteiger partial charge in [0.05, 0.1) is 5.69 Å². The summed E-state index contributed by atoms with van der Waals surface area (Å²) >= 11 is 0. The maximum absolute atomic E-state index is 11.9. The number of hydrogen-bond acceptors (Lipinski definition) is 3. The maximum atomic E-state index is 11.9. The Morgan fingerprint density at radius 3 is 2.56 bits per heavy atom. The molecule has 0 saturated heterocycles. The minimum absolute atomic E-state index is 0.872. The molecule has 1 heterocycles. The summed E-state index contributed by atoms with van der Waals surface area (Å²) in [5, 5.41) is 0. The monoisotopic (exact) mass is 267 g/mol. The van der Waals surface area contributed by atoms with Crippen molar-refractivity contribution in [1.82, 2.24) is 4.57 Å². The third-order valence-electron chi connectivity index (χ3n) is 3.36. The summed E-state index contributed by atoms with van der Waals surface area (Å²) in [6, 6.07) is 2.08. The van der Waals surface area contributed by atoms with Crippen LogP contribution in [0.15, 0.2) is 6.07 Å². The van der Waals surface area contributed by atoms with E-state index in [1.54, 1.807) is 0 Å². The molecule has 0 fully saturated rings. The van der Waals surface area contributed by atoms with Crippen LogP contribution >= 0.6 is 7.60 Å². The van der Waals surface area contributed by atoms with Gasteiger partial charge < -0.3 is 13.6 Å². The first-order chi connectivity index (χ1) is 8.59. The van der Waals surface area contributed by atoms with Crippen LogP contribution in [-0.2, 0) is 33.5 Å². The van der Waals surface area contributed by atoms with Gasteiger partial charge in [0.25, 0.3) is 0 Å². The first-order valence-electron chi connectivity index (χ1n) is 6.02. The molecule has 0 bridgehead atoms. The van der Waals surface area contributed by atoms with Gasteiger partial charge >= 0.3 is 7.60 Å². The summed E-state index contributed by atoms with van der Waals surface area (Å²) in [6.45, 7) is 0. The van der Waals surface area contributed by atoms with E-state index in [1.807, 2.05) is 7.05 Å². The lowest BCUT2D eigenvalue weighted by Crippen LogP contribution is -2.05. The van der Waals surface area contributed by atoms with E-state index in [9.17, 15) is 4.57 Å². The molecule has 0 N–H and O–H groups in total. The lowest BCUT2D eigenvalue weighted by atomic mass is 9.98. The van der Waals surface area contributed by atoms with Gasteiger partial charge in [0.2, 0.25) is 0 Å². The summed E-state index contributed by atoms with van der Waals surface area (Å²) in [5.41, 5.74) is 6.18. The zero-order valence-electron chi connectivity index (χ0n) is 11.0. The number of hydrogen-bond donors (Lipinski definition) is 0. The molecule has 18 heavy (non-hydrogen) atoms. The molecule has 0 saturated carbocycles. The van der Waals surface area contributed by atoms with E-state index in [0.717, 1.165) is 18.5 Å². The van der Waals surface area contributed by atoms with Crippen molar-refractivity contribution in [2.45, 2.75) is 25.7 Å². The quantitative estimate of drug-likeness (QED) is 0.611. The highest BCUT2D eigenvalue weighted by Gasteiger charge is 2.18. The molecule has 0 amide bonds. The van der Waals surface area contributed by atoms with Crippen molar-refractivity contribution in [3.8, 4) is 11.6 Å². The maximum Gasteiger partial charge on any atom is 0.405 e. The van der Waals surface area contributed by atoms with Gasteiger partial charge in [0.1, 0.15) is 0 Å². The molecule has 0 atom stereocenters. The Labute approximate surface area is 108 Å². The molecule has 1 aromatic rings. The van der Waals surface area contributed by atoms with Gasteiger partial charge in [0, 0.05) is 32.6 Å². The van der Waals surface area contributed by atoms with Crippen LogP contribution in [0.25, 0.3) is 0 Å². The highest BCUT2D eigenvalue weighted by atomic mass is 31.2. The van der Waals surface area contributed by atoms with Crippen molar-refractivity contribution in [2.75, 3.05) is 14.2 Å². The van der Waals surface area contributed by atoms with Crippen LogP contribution < -0.4 is 0 Å². The number of aromatic nitrogens is 1. The Morgan fingerprint density at radius 1 is 1.28 bits per heavy atom. The topological polar surface area (TPSA) is 40.5 Å². The van der Waals surface area contributed by atoms with Crippen LogP contribution in [0, 0.1) is 11.6 Å². The number of fused-ring (bicyclic) bond motifs is 1. The second kappa shape index (κ2) is 5.32. The molecule has 0 aliphatic heterocycles. The van der Waals surface area contributed by atoms with Gasteiger partial charge in [-0.2, -0.15) is 0 Å². The van der Waals surface area contributed by atoms with Crippen molar-refractivity contribution in [3.05, 3.63) is 23.0 Å². The van der Waals surface area contributed by atoms with Crippen LogP contribution in [0.5, 0.6) is 0 Å². The molecule has 1 aromatic heterocycles. The minimum atomic E-state index is -3.25. The fraction of sp³-hybridized carbons (Fsp3) is 0.538. The van der Waals surface area contributed by atoms with Crippen LogP contribution in [-0.4, -0.2) is 18.8 Å². The van der Waals surface area contributed by atoms with E-state index in [0.29, 0.717) is 0 Å². The van der Waals surface area contributed by atoms with Crippen molar-refractivity contribution in [3.63, 3.8) is 0 Å².